The number of carbonyl (C=O) groups excluding carboxylic acids is 1. The molecule has 0 saturated carbocycles. The van der Waals surface area contributed by atoms with Crippen molar-refractivity contribution in [3.8, 4) is 5.69 Å². The van der Waals surface area contributed by atoms with E-state index >= 15 is 0 Å². The molecule has 0 unspecified atom stereocenters. The Hall–Kier alpha value is -3.17. The van der Waals surface area contributed by atoms with Gasteiger partial charge in [0.1, 0.15) is 0 Å². The second kappa shape index (κ2) is 6.04. The molecule has 3 aromatic rings. The van der Waals surface area contributed by atoms with Crippen LogP contribution in [0.1, 0.15) is 27.6 Å². The van der Waals surface area contributed by atoms with E-state index in [1.165, 1.54) is 0 Å². The molecule has 3 rings (SSSR count). The third-order valence-corrected chi connectivity index (χ3v) is 3.56. The maximum Gasteiger partial charge on any atom is 0.451 e. The van der Waals surface area contributed by atoms with Gasteiger partial charge in [-0.2, -0.15) is 18.2 Å². The standard InChI is InChI=1S/C15H13F3N6O/c1-8-6-11(9(2)24(8)10-4-3-5-19-7-10)12(25)20-14-21-13(22-23-14)15(16,17)18/h3-7H,1-2H3,(H2,20,21,22,23,25). The van der Waals surface area contributed by atoms with Crippen molar-refractivity contribution in [2.24, 2.45) is 0 Å². The van der Waals surface area contributed by atoms with Crippen LogP contribution in [-0.2, 0) is 6.18 Å². The van der Waals surface area contributed by atoms with Gasteiger partial charge in [0.05, 0.1) is 17.4 Å². The lowest BCUT2D eigenvalue weighted by Crippen LogP contribution is -2.14. The quantitative estimate of drug-likeness (QED) is 0.760. The van der Waals surface area contributed by atoms with Gasteiger partial charge in [-0.3, -0.25) is 20.2 Å². The molecule has 1 amide bonds. The number of nitrogens with one attached hydrogen (secondary N) is 2. The predicted molar refractivity (Wildman–Crippen MR) is 82.4 cm³/mol. The van der Waals surface area contributed by atoms with E-state index in [-0.39, 0.29) is 0 Å². The fourth-order valence-corrected chi connectivity index (χ4v) is 2.49. The normalized spacial score (nSPS) is 11.6. The minimum atomic E-state index is -4.66. The van der Waals surface area contributed by atoms with E-state index in [4.69, 9.17) is 0 Å². The van der Waals surface area contributed by atoms with Gasteiger partial charge >= 0.3 is 6.18 Å². The average molecular weight is 350 g/mol. The Kier molecular flexibility index (Phi) is 4.03. The molecule has 0 radical (unpaired) electrons. The van der Waals surface area contributed by atoms with Gasteiger partial charge < -0.3 is 4.57 Å². The zero-order chi connectivity index (χ0) is 18.2. The number of hydrogen-bond donors (Lipinski definition) is 2. The van der Waals surface area contributed by atoms with Gasteiger partial charge in [0.15, 0.2) is 0 Å². The first-order valence-corrected chi connectivity index (χ1v) is 7.17. The smallest absolute Gasteiger partial charge is 0.316 e. The van der Waals surface area contributed by atoms with Crippen molar-refractivity contribution >= 4 is 11.9 Å². The number of H-pyrrole nitrogens is 1. The maximum atomic E-state index is 12.5. The summed E-state index contributed by atoms with van der Waals surface area (Å²) in [5.74, 6) is -2.32. The lowest BCUT2D eigenvalue weighted by atomic mass is 10.2. The summed E-state index contributed by atoms with van der Waals surface area (Å²) in [5, 5.41) is 7.37. The van der Waals surface area contributed by atoms with Crippen molar-refractivity contribution in [2.75, 3.05) is 5.32 Å². The highest BCUT2D eigenvalue weighted by atomic mass is 19.4. The van der Waals surface area contributed by atoms with Crippen molar-refractivity contribution in [3.05, 3.63) is 53.4 Å². The molecule has 0 saturated heterocycles. The Bertz CT molecular complexity index is 913. The molecule has 0 aliphatic heterocycles. The molecule has 0 aliphatic carbocycles. The molecule has 0 atom stereocenters. The number of halogens is 3. The van der Waals surface area contributed by atoms with Gasteiger partial charge in [-0.1, -0.05) is 0 Å². The molecular formula is C15H13F3N6O. The molecular weight excluding hydrogens is 337 g/mol. The molecule has 0 aromatic carbocycles. The predicted octanol–water partition coefficient (Wildman–Crippen LogP) is 2.88. The second-order valence-corrected chi connectivity index (χ2v) is 5.29. The fourth-order valence-electron chi connectivity index (χ4n) is 2.49. The van der Waals surface area contributed by atoms with Crippen LogP contribution in [0.5, 0.6) is 0 Å². The summed E-state index contributed by atoms with van der Waals surface area (Å²) in [5.41, 5.74) is 2.48. The van der Waals surface area contributed by atoms with E-state index in [1.54, 1.807) is 36.5 Å². The van der Waals surface area contributed by atoms with Crippen LogP contribution in [-0.4, -0.2) is 30.6 Å². The maximum absolute atomic E-state index is 12.5. The van der Waals surface area contributed by atoms with Gasteiger partial charge in [0.2, 0.25) is 11.8 Å². The summed E-state index contributed by atoms with van der Waals surface area (Å²) in [7, 11) is 0. The molecule has 3 heterocycles. The molecule has 0 bridgehead atoms. The zero-order valence-corrected chi connectivity index (χ0v) is 13.2. The lowest BCUT2D eigenvalue weighted by Gasteiger charge is -2.09. The number of amides is 1. The highest BCUT2D eigenvalue weighted by Gasteiger charge is 2.35. The van der Waals surface area contributed by atoms with Crippen molar-refractivity contribution in [1.29, 1.82) is 0 Å². The number of pyridine rings is 1. The number of nitrogens with zero attached hydrogens (tertiary/aromatic N) is 4. The Morgan fingerprint density at radius 3 is 2.68 bits per heavy atom. The minimum absolute atomic E-state index is 0.305. The molecule has 25 heavy (non-hydrogen) atoms. The summed E-state index contributed by atoms with van der Waals surface area (Å²) >= 11 is 0. The number of aryl methyl sites for hydroxylation is 1. The van der Waals surface area contributed by atoms with Gasteiger partial charge in [-0.05, 0) is 32.0 Å². The van der Waals surface area contributed by atoms with Crippen LogP contribution in [0.2, 0.25) is 0 Å². The molecule has 2 N–H and O–H groups in total. The number of rotatable bonds is 3. The first-order valence-electron chi connectivity index (χ1n) is 7.17. The average Bonchev–Trinajstić information content (AvgIpc) is 3.13. The van der Waals surface area contributed by atoms with Gasteiger partial charge in [-0.15, -0.1) is 5.10 Å². The Balaban J connectivity index is 1.87. The Morgan fingerprint density at radius 2 is 2.08 bits per heavy atom. The van der Waals surface area contributed by atoms with E-state index in [0.717, 1.165) is 11.4 Å². The Labute approximate surface area is 139 Å². The van der Waals surface area contributed by atoms with Crippen molar-refractivity contribution in [3.63, 3.8) is 0 Å². The first-order chi connectivity index (χ1) is 11.8. The van der Waals surface area contributed by atoms with Crippen LogP contribution in [0.4, 0.5) is 19.1 Å². The van der Waals surface area contributed by atoms with Crippen molar-refractivity contribution in [2.45, 2.75) is 20.0 Å². The summed E-state index contributed by atoms with van der Waals surface area (Å²) < 4.78 is 39.4. The van der Waals surface area contributed by atoms with Crippen molar-refractivity contribution < 1.29 is 18.0 Å². The highest BCUT2D eigenvalue weighted by molar-refractivity contribution is 6.04. The third kappa shape index (κ3) is 3.23. The Morgan fingerprint density at radius 1 is 1.32 bits per heavy atom. The number of aromatic amines is 1. The number of carbonyl (C=O) groups is 1. The van der Waals surface area contributed by atoms with E-state index in [9.17, 15) is 18.0 Å². The molecule has 0 spiro atoms. The van der Waals surface area contributed by atoms with Gasteiger partial charge in [-0.25, -0.2) is 0 Å². The summed E-state index contributed by atoms with van der Waals surface area (Å²) in [6, 6.07) is 5.23. The first kappa shape index (κ1) is 16.7. The van der Waals surface area contributed by atoms with Crippen LogP contribution in [0.25, 0.3) is 5.69 Å². The lowest BCUT2D eigenvalue weighted by molar-refractivity contribution is -0.144. The molecule has 130 valence electrons. The summed E-state index contributed by atoms with van der Waals surface area (Å²) in [6.45, 7) is 3.54. The van der Waals surface area contributed by atoms with E-state index in [0.29, 0.717) is 11.3 Å². The van der Waals surface area contributed by atoms with E-state index in [1.807, 2.05) is 17.6 Å². The number of hydrogen-bond acceptors (Lipinski definition) is 4. The van der Waals surface area contributed by atoms with Gasteiger partial charge in [0, 0.05) is 17.6 Å². The third-order valence-electron chi connectivity index (χ3n) is 3.56. The largest absolute Gasteiger partial charge is 0.451 e. The molecule has 3 aromatic heterocycles. The second-order valence-electron chi connectivity index (χ2n) is 5.29. The van der Waals surface area contributed by atoms with Crippen LogP contribution < -0.4 is 5.32 Å². The summed E-state index contributed by atoms with van der Waals surface area (Å²) in [4.78, 5) is 19.6. The van der Waals surface area contributed by atoms with E-state index < -0.39 is 23.9 Å². The topological polar surface area (TPSA) is 88.5 Å². The SMILES string of the molecule is Cc1cc(C(=O)Nc2n[nH]c(C(F)(F)F)n2)c(C)n1-c1cccnc1. The fraction of sp³-hybridized carbons (Fsp3) is 0.200. The van der Waals surface area contributed by atoms with Crippen LogP contribution in [0, 0.1) is 13.8 Å². The molecule has 0 fully saturated rings. The molecule has 0 aliphatic rings. The molecule has 7 nitrogen and oxygen atoms in total. The van der Waals surface area contributed by atoms with Crippen LogP contribution >= 0.6 is 0 Å². The minimum Gasteiger partial charge on any atom is -0.316 e. The van der Waals surface area contributed by atoms with Gasteiger partial charge in [0.25, 0.3) is 5.91 Å². The van der Waals surface area contributed by atoms with Crippen molar-refractivity contribution in [1.82, 2.24) is 24.7 Å². The monoisotopic (exact) mass is 350 g/mol. The number of alkyl halides is 3. The van der Waals surface area contributed by atoms with Crippen LogP contribution in [0.3, 0.4) is 0 Å². The number of aromatic nitrogens is 5. The van der Waals surface area contributed by atoms with Crippen LogP contribution in [0.15, 0.2) is 30.6 Å². The van der Waals surface area contributed by atoms with E-state index in [2.05, 4.69) is 20.4 Å². The summed E-state index contributed by atoms with van der Waals surface area (Å²) in [6.07, 6.45) is -1.38. The molecule has 10 heteroatoms. The zero-order valence-electron chi connectivity index (χ0n) is 13.2. The highest BCUT2D eigenvalue weighted by Crippen LogP contribution is 2.26. The number of anilines is 1.